The molecule has 1 aliphatic rings. The average molecular weight is 630 g/mol. The van der Waals surface area contributed by atoms with Crippen LogP contribution in [0.1, 0.15) is 69.5 Å². The van der Waals surface area contributed by atoms with Gasteiger partial charge in [0.1, 0.15) is 6.04 Å². The van der Waals surface area contributed by atoms with Gasteiger partial charge in [-0.1, -0.05) is 69.4 Å². The molecule has 10 nitrogen and oxygen atoms in total. The van der Waals surface area contributed by atoms with Gasteiger partial charge in [0.25, 0.3) is 0 Å². The Bertz CT molecular complexity index is 1130. The number of aliphatic hydroxyl groups excluding tert-OH is 2. The Labute approximate surface area is 266 Å². The summed E-state index contributed by atoms with van der Waals surface area (Å²) in [6, 6.07) is 7.91. The van der Waals surface area contributed by atoms with Crippen LogP contribution in [0.25, 0.3) is 0 Å². The van der Waals surface area contributed by atoms with Gasteiger partial charge < -0.3 is 31.1 Å². The van der Waals surface area contributed by atoms with Crippen LogP contribution < -0.4 is 16.0 Å². The Morgan fingerprint density at radius 2 is 1.77 bits per heavy atom. The number of hydrogen-bond acceptors (Lipinski definition) is 8. The summed E-state index contributed by atoms with van der Waals surface area (Å²) in [6.07, 6.45) is 4.79. The molecule has 244 valence electrons. The van der Waals surface area contributed by atoms with Crippen LogP contribution in [0.5, 0.6) is 0 Å². The van der Waals surface area contributed by atoms with E-state index in [-0.39, 0.29) is 18.7 Å². The lowest BCUT2D eigenvalue weighted by molar-refractivity contribution is -0.136. The fraction of sp³-hybridized carbons (Fsp3) is 0.636. The van der Waals surface area contributed by atoms with E-state index in [1.807, 2.05) is 42.8 Å². The number of carbonyl (C=O) groups is 3. The molecule has 1 aromatic heterocycles. The third-order valence-electron chi connectivity index (χ3n) is 8.63. The molecular weight excluding hydrogens is 578 g/mol. The number of aliphatic hydroxyl groups is 2. The molecule has 0 unspecified atom stereocenters. The molecule has 44 heavy (non-hydrogen) atoms. The van der Waals surface area contributed by atoms with Crippen molar-refractivity contribution in [3.05, 3.63) is 52.5 Å². The van der Waals surface area contributed by atoms with Gasteiger partial charge >= 0.3 is 0 Å². The summed E-state index contributed by atoms with van der Waals surface area (Å²) in [5.41, 5.74) is 3.26. The van der Waals surface area contributed by atoms with Gasteiger partial charge in [0.2, 0.25) is 17.7 Å². The zero-order chi connectivity index (χ0) is 31.9. The minimum absolute atomic E-state index is 0.00229. The third-order valence-corrected chi connectivity index (χ3v) is 9.27. The number of thiazole rings is 1. The van der Waals surface area contributed by atoms with E-state index in [0.29, 0.717) is 44.0 Å². The first-order valence-electron chi connectivity index (χ1n) is 16.0. The van der Waals surface area contributed by atoms with Gasteiger partial charge in [-0.2, -0.15) is 0 Å². The molecule has 0 spiro atoms. The molecule has 3 rings (SSSR count). The molecule has 0 bridgehead atoms. The number of aromatic nitrogens is 1. The van der Waals surface area contributed by atoms with Crippen LogP contribution in [0, 0.1) is 11.8 Å². The molecule has 0 saturated heterocycles. The SMILES string of the molecule is CC[C@H](O)[C@H](O)[C@H](CC1CCCCC1)NC(=O)[C@H](Cc1cscn1)NC(=O)[C@@H](CC(=O)N(C)CCNC)Cc1ccccc1. The molecule has 11 heteroatoms. The highest BCUT2D eigenvalue weighted by atomic mass is 32.1. The lowest BCUT2D eigenvalue weighted by Gasteiger charge is -2.33. The van der Waals surface area contributed by atoms with Crippen molar-refractivity contribution >= 4 is 29.1 Å². The normalized spacial score (nSPS) is 17.2. The van der Waals surface area contributed by atoms with Gasteiger partial charge in [-0.05, 0) is 37.8 Å². The predicted molar refractivity (Wildman–Crippen MR) is 173 cm³/mol. The number of nitrogens with zero attached hydrogens (tertiary/aromatic N) is 2. The number of rotatable bonds is 18. The minimum atomic E-state index is -1.13. The van der Waals surface area contributed by atoms with E-state index in [0.717, 1.165) is 31.2 Å². The average Bonchev–Trinajstić information content (AvgIpc) is 3.56. The second-order valence-corrected chi connectivity index (χ2v) is 12.8. The monoisotopic (exact) mass is 629 g/mol. The molecule has 0 radical (unpaired) electrons. The van der Waals surface area contributed by atoms with E-state index in [9.17, 15) is 24.6 Å². The maximum atomic E-state index is 13.9. The van der Waals surface area contributed by atoms with Crippen molar-refractivity contribution in [3.63, 3.8) is 0 Å². The Kier molecular flexibility index (Phi) is 15.2. The van der Waals surface area contributed by atoms with Gasteiger partial charge in [0, 0.05) is 38.4 Å². The molecule has 5 N–H and O–H groups in total. The predicted octanol–water partition coefficient (Wildman–Crippen LogP) is 2.68. The van der Waals surface area contributed by atoms with Gasteiger partial charge in [-0.3, -0.25) is 14.4 Å². The highest BCUT2D eigenvalue weighted by Gasteiger charge is 2.34. The van der Waals surface area contributed by atoms with Gasteiger partial charge in [-0.25, -0.2) is 4.98 Å². The number of likely N-dealkylation sites (N-methyl/N-ethyl adjacent to an activating group) is 2. The topological polar surface area (TPSA) is 144 Å². The van der Waals surface area contributed by atoms with Gasteiger partial charge in [-0.15, -0.1) is 11.3 Å². The number of nitrogens with one attached hydrogen (secondary N) is 3. The van der Waals surface area contributed by atoms with Crippen molar-refractivity contribution in [2.75, 3.05) is 27.2 Å². The number of benzene rings is 1. The maximum absolute atomic E-state index is 13.9. The summed E-state index contributed by atoms with van der Waals surface area (Å²) < 4.78 is 0. The highest BCUT2D eigenvalue weighted by Crippen LogP contribution is 2.29. The number of carbonyl (C=O) groups excluding carboxylic acids is 3. The van der Waals surface area contributed by atoms with Crippen LogP contribution in [0.4, 0.5) is 0 Å². The summed E-state index contributed by atoms with van der Waals surface area (Å²) in [5, 5.41) is 32.3. The van der Waals surface area contributed by atoms with Crippen LogP contribution in [0.2, 0.25) is 0 Å². The first kappa shape index (κ1) is 35.6. The molecule has 1 aliphatic carbocycles. The van der Waals surface area contributed by atoms with E-state index in [1.54, 1.807) is 24.4 Å². The van der Waals surface area contributed by atoms with E-state index in [4.69, 9.17) is 0 Å². The van der Waals surface area contributed by atoms with E-state index >= 15 is 0 Å². The lowest BCUT2D eigenvalue weighted by atomic mass is 9.82. The molecule has 1 saturated carbocycles. The molecular formula is C33H51N5O5S. The molecule has 5 atom stereocenters. The summed E-state index contributed by atoms with van der Waals surface area (Å²) >= 11 is 1.40. The summed E-state index contributed by atoms with van der Waals surface area (Å²) in [5.74, 6) is -1.33. The fourth-order valence-electron chi connectivity index (χ4n) is 5.83. The Morgan fingerprint density at radius 1 is 1.05 bits per heavy atom. The van der Waals surface area contributed by atoms with E-state index < -0.39 is 42.0 Å². The molecule has 2 aromatic rings. The summed E-state index contributed by atoms with van der Waals surface area (Å²) in [6.45, 7) is 2.94. The number of hydrogen-bond donors (Lipinski definition) is 5. The van der Waals surface area contributed by atoms with Gasteiger partial charge in [0.15, 0.2) is 0 Å². The second kappa shape index (κ2) is 18.8. The Balaban J connectivity index is 1.81. The largest absolute Gasteiger partial charge is 0.390 e. The van der Waals surface area contributed by atoms with Crippen molar-refractivity contribution in [2.45, 2.75) is 95.4 Å². The Hall–Kier alpha value is -2.86. The molecule has 1 heterocycles. The molecule has 1 fully saturated rings. The van der Waals surface area contributed by atoms with Crippen molar-refractivity contribution in [1.29, 1.82) is 0 Å². The van der Waals surface area contributed by atoms with Gasteiger partial charge in [0.05, 0.1) is 35.4 Å². The van der Waals surface area contributed by atoms with Crippen LogP contribution in [-0.4, -0.2) is 89.3 Å². The summed E-state index contributed by atoms with van der Waals surface area (Å²) in [4.78, 5) is 46.8. The second-order valence-electron chi connectivity index (χ2n) is 12.1. The number of amides is 3. The zero-order valence-corrected chi connectivity index (χ0v) is 27.2. The first-order chi connectivity index (χ1) is 21.2. The van der Waals surface area contributed by atoms with Crippen molar-refractivity contribution in [2.24, 2.45) is 11.8 Å². The van der Waals surface area contributed by atoms with E-state index in [2.05, 4.69) is 20.9 Å². The molecule has 1 aromatic carbocycles. The quantitative estimate of drug-likeness (QED) is 0.171. The van der Waals surface area contributed by atoms with Crippen LogP contribution >= 0.6 is 11.3 Å². The first-order valence-corrected chi connectivity index (χ1v) is 16.9. The minimum Gasteiger partial charge on any atom is -0.390 e. The summed E-state index contributed by atoms with van der Waals surface area (Å²) in [7, 11) is 3.54. The zero-order valence-electron chi connectivity index (χ0n) is 26.4. The highest BCUT2D eigenvalue weighted by molar-refractivity contribution is 7.07. The van der Waals surface area contributed by atoms with Crippen molar-refractivity contribution < 1.29 is 24.6 Å². The van der Waals surface area contributed by atoms with Crippen LogP contribution in [-0.2, 0) is 27.2 Å². The maximum Gasteiger partial charge on any atom is 0.243 e. The lowest BCUT2D eigenvalue weighted by Crippen LogP contribution is -2.56. The van der Waals surface area contributed by atoms with Crippen molar-refractivity contribution in [1.82, 2.24) is 25.8 Å². The fourth-order valence-corrected chi connectivity index (χ4v) is 6.40. The third kappa shape index (κ3) is 11.6. The van der Waals surface area contributed by atoms with Crippen LogP contribution in [0.3, 0.4) is 0 Å². The Morgan fingerprint density at radius 3 is 2.41 bits per heavy atom. The molecule has 0 aliphatic heterocycles. The van der Waals surface area contributed by atoms with Crippen LogP contribution in [0.15, 0.2) is 41.2 Å². The van der Waals surface area contributed by atoms with Crippen molar-refractivity contribution in [3.8, 4) is 0 Å². The van der Waals surface area contributed by atoms with E-state index in [1.165, 1.54) is 17.8 Å². The standard InChI is InChI=1S/C33H51N5O5S/c1-4-29(39)31(41)27(18-24-13-9-6-10-14-24)36-33(43)28(20-26-21-44-22-35-26)37-32(42)25(17-23-11-7-5-8-12-23)19-30(40)38(3)16-15-34-2/h5,7-8,11-12,21-22,24-25,27-29,31,34,39,41H,4,6,9-10,13-20H2,1-3H3,(H,36,43)(H,37,42)/t25-,27+,28+,29+,31-/m1/s1. The smallest absolute Gasteiger partial charge is 0.243 e. The molecule has 3 amide bonds.